The van der Waals surface area contributed by atoms with E-state index in [0.29, 0.717) is 0 Å². The second kappa shape index (κ2) is 6.06. The van der Waals surface area contributed by atoms with Crippen LogP contribution in [0.25, 0.3) is 57.8 Å². The Morgan fingerprint density at radius 1 is 0.633 bits per heavy atom. The molecule has 3 heterocycles. The molecule has 0 saturated heterocycles. The van der Waals surface area contributed by atoms with Gasteiger partial charge in [-0.1, -0.05) is 0 Å². The SMILES string of the molecule is c1ccc(-n2c3cccc4[se]c5cc6ccccc6nc5c5cccc2c5c43)cc1. The zero-order valence-corrected chi connectivity index (χ0v) is 17.8. The van der Waals surface area contributed by atoms with Crippen molar-refractivity contribution < 1.29 is 0 Å². The van der Waals surface area contributed by atoms with Gasteiger partial charge in [0.15, 0.2) is 0 Å². The van der Waals surface area contributed by atoms with Crippen molar-refractivity contribution in [3.63, 3.8) is 0 Å². The van der Waals surface area contributed by atoms with Gasteiger partial charge in [-0.05, 0) is 0 Å². The maximum absolute atomic E-state index is 5.16. The number of fused-ring (bicyclic) bond motifs is 3. The Morgan fingerprint density at radius 3 is 2.30 bits per heavy atom. The summed E-state index contributed by atoms with van der Waals surface area (Å²) in [5, 5.41) is 5.18. The minimum absolute atomic E-state index is 0.195. The van der Waals surface area contributed by atoms with Crippen molar-refractivity contribution >= 4 is 66.6 Å². The molecular weight excluding hydrogens is 431 g/mol. The summed E-state index contributed by atoms with van der Waals surface area (Å²) in [4.78, 5) is 5.16. The molecule has 30 heavy (non-hydrogen) atoms. The van der Waals surface area contributed by atoms with Crippen molar-refractivity contribution in [3.05, 3.63) is 97.1 Å². The quantitative estimate of drug-likeness (QED) is 0.256. The van der Waals surface area contributed by atoms with E-state index < -0.39 is 0 Å². The van der Waals surface area contributed by atoms with Crippen molar-refractivity contribution in [2.24, 2.45) is 0 Å². The van der Waals surface area contributed by atoms with Crippen LogP contribution in [0.15, 0.2) is 97.1 Å². The standard InChI is InChI=1S/C27H16N2Se/c1-2-9-18(10-3-1)29-21-13-6-11-19-25(21)26-22(29)14-7-15-23(26)30-24-16-17-8-4-5-12-20(17)28-27(19)24/h1-16H. The molecule has 0 amide bonds. The summed E-state index contributed by atoms with van der Waals surface area (Å²) in [6.45, 7) is 0. The van der Waals surface area contributed by atoms with E-state index in [4.69, 9.17) is 4.98 Å². The van der Waals surface area contributed by atoms with Crippen molar-refractivity contribution in [2.45, 2.75) is 0 Å². The van der Waals surface area contributed by atoms with Crippen LogP contribution in [0.1, 0.15) is 0 Å². The molecule has 3 heteroatoms. The van der Waals surface area contributed by atoms with Crippen molar-refractivity contribution in [1.82, 2.24) is 9.55 Å². The van der Waals surface area contributed by atoms with Gasteiger partial charge in [0.1, 0.15) is 0 Å². The molecule has 7 rings (SSSR count). The van der Waals surface area contributed by atoms with Gasteiger partial charge in [0.25, 0.3) is 0 Å². The summed E-state index contributed by atoms with van der Waals surface area (Å²) < 4.78 is 5.20. The molecule has 0 aliphatic carbocycles. The molecule has 0 saturated carbocycles. The number of hydrogen-bond donors (Lipinski definition) is 0. The molecule has 0 radical (unpaired) electrons. The van der Waals surface area contributed by atoms with E-state index >= 15 is 0 Å². The molecule has 0 spiro atoms. The summed E-state index contributed by atoms with van der Waals surface area (Å²) in [5.41, 5.74) is 5.93. The summed E-state index contributed by atoms with van der Waals surface area (Å²) in [6.07, 6.45) is 0. The van der Waals surface area contributed by atoms with Crippen LogP contribution in [0.2, 0.25) is 0 Å². The zero-order chi connectivity index (χ0) is 19.7. The third-order valence-electron chi connectivity index (χ3n) is 5.96. The van der Waals surface area contributed by atoms with Gasteiger partial charge in [-0.3, -0.25) is 0 Å². The van der Waals surface area contributed by atoms with Crippen LogP contribution in [0, 0.1) is 0 Å². The summed E-state index contributed by atoms with van der Waals surface area (Å²) >= 11 is 0.195. The van der Waals surface area contributed by atoms with Crippen LogP contribution in [0.3, 0.4) is 0 Å². The first-order valence-corrected chi connectivity index (χ1v) is 11.8. The fourth-order valence-electron chi connectivity index (χ4n) is 4.70. The van der Waals surface area contributed by atoms with E-state index in [1.165, 1.54) is 46.8 Å². The van der Waals surface area contributed by atoms with Crippen molar-refractivity contribution in [1.29, 1.82) is 0 Å². The molecule has 0 unspecified atom stereocenters. The van der Waals surface area contributed by atoms with Gasteiger partial charge in [-0.15, -0.1) is 0 Å². The molecule has 3 aromatic heterocycles. The average Bonchev–Trinajstić information content (AvgIpc) is 3.07. The Balaban J connectivity index is 1.80. The van der Waals surface area contributed by atoms with Crippen LogP contribution in [0.5, 0.6) is 0 Å². The van der Waals surface area contributed by atoms with Crippen molar-refractivity contribution in [2.75, 3.05) is 0 Å². The molecule has 0 aliphatic rings. The summed E-state index contributed by atoms with van der Waals surface area (Å²) in [5.74, 6) is 0. The monoisotopic (exact) mass is 448 g/mol. The first-order chi connectivity index (χ1) is 14.9. The Hall–Kier alpha value is -3.39. The second-order valence-corrected chi connectivity index (χ2v) is 9.92. The number of para-hydroxylation sites is 2. The number of nitrogens with zero attached hydrogens (tertiary/aromatic N) is 2. The normalized spacial score (nSPS) is 12.0. The zero-order valence-electron chi connectivity index (χ0n) is 16.0. The van der Waals surface area contributed by atoms with Gasteiger partial charge >= 0.3 is 179 Å². The van der Waals surface area contributed by atoms with E-state index in [-0.39, 0.29) is 14.5 Å². The molecular formula is C27H16N2Se. The average molecular weight is 447 g/mol. The topological polar surface area (TPSA) is 17.8 Å². The van der Waals surface area contributed by atoms with E-state index in [1.807, 2.05) is 0 Å². The predicted molar refractivity (Wildman–Crippen MR) is 128 cm³/mol. The van der Waals surface area contributed by atoms with Crippen LogP contribution in [-0.4, -0.2) is 24.1 Å². The van der Waals surface area contributed by atoms with Gasteiger partial charge in [0.2, 0.25) is 0 Å². The molecule has 7 aromatic rings. The second-order valence-electron chi connectivity index (χ2n) is 7.65. The first-order valence-electron chi connectivity index (χ1n) is 10.1. The van der Waals surface area contributed by atoms with Gasteiger partial charge < -0.3 is 0 Å². The number of aromatic nitrogens is 2. The molecule has 140 valence electrons. The molecule has 0 aliphatic heterocycles. The Bertz CT molecular complexity index is 1740. The predicted octanol–water partition coefficient (Wildman–Crippen LogP) is 6.70. The molecule has 4 aromatic carbocycles. The fourth-order valence-corrected chi connectivity index (χ4v) is 7.07. The van der Waals surface area contributed by atoms with Gasteiger partial charge in [0.05, 0.1) is 0 Å². The van der Waals surface area contributed by atoms with E-state index in [9.17, 15) is 0 Å². The van der Waals surface area contributed by atoms with E-state index in [1.54, 1.807) is 0 Å². The molecule has 0 N–H and O–H groups in total. The van der Waals surface area contributed by atoms with E-state index in [0.717, 1.165) is 11.0 Å². The Labute approximate surface area is 178 Å². The van der Waals surface area contributed by atoms with Gasteiger partial charge in [-0.2, -0.15) is 0 Å². The molecule has 0 bridgehead atoms. The number of pyridine rings is 1. The Morgan fingerprint density at radius 2 is 1.40 bits per heavy atom. The van der Waals surface area contributed by atoms with Crippen LogP contribution in [-0.2, 0) is 0 Å². The number of benzene rings is 4. The molecule has 0 atom stereocenters. The van der Waals surface area contributed by atoms with Crippen molar-refractivity contribution in [3.8, 4) is 5.69 Å². The van der Waals surface area contributed by atoms with Gasteiger partial charge in [-0.25, -0.2) is 0 Å². The fraction of sp³-hybridized carbons (Fsp3) is 0. The van der Waals surface area contributed by atoms with Gasteiger partial charge in [0, 0.05) is 0 Å². The minimum atomic E-state index is 0.195. The van der Waals surface area contributed by atoms with Crippen LogP contribution >= 0.6 is 0 Å². The maximum atomic E-state index is 5.16. The number of rotatable bonds is 1. The molecule has 2 nitrogen and oxygen atoms in total. The summed E-state index contributed by atoms with van der Waals surface area (Å²) in [7, 11) is 0. The third-order valence-corrected chi connectivity index (χ3v) is 8.25. The van der Waals surface area contributed by atoms with Crippen LogP contribution in [0.4, 0.5) is 0 Å². The number of hydrogen-bond acceptors (Lipinski definition) is 1. The third kappa shape index (κ3) is 2.16. The first kappa shape index (κ1) is 16.4. The van der Waals surface area contributed by atoms with Crippen LogP contribution < -0.4 is 0 Å². The summed E-state index contributed by atoms with van der Waals surface area (Å²) in [6, 6.07) is 34.9. The van der Waals surface area contributed by atoms with E-state index in [2.05, 4.69) is 102 Å². The Kier molecular flexibility index (Phi) is 3.31. The molecule has 0 fully saturated rings.